The number of aryl methyl sites for hydroxylation is 1. The van der Waals surface area contributed by atoms with Crippen molar-refractivity contribution in [1.29, 1.82) is 0 Å². The van der Waals surface area contributed by atoms with Gasteiger partial charge in [0.05, 0.1) is 6.26 Å². The lowest BCUT2D eigenvalue weighted by Gasteiger charge is -2.26. The van der Waals surface area contributed by atoms with E-state index in [2.05, 4.69) is 0 Å². The van der Waals surface area contributed by atoms with E-state index in [0.717, 1.165) is 11.4 Å². The Kier molecular flexibility index (Phi) is 2.10. The van der Waals surface area contributed by atoms with E-state index in [1.807, 2.05) is 40.7 Å². The SMILES string of the molecule is Cc1occc1N1OC(C)(C)C(C)(C)O1. The maximum atomic E-state index is 5.74. The Labute approximate surface area is 89.7 Å². The van der Waals surface area contributed by atoms with Gasteiger partial charge in [0, 0.05) is 6.07 Å². The van der Waals surface area contributed by atoms with Gasteiger partial charge in [0.2, 0.25) is 0 Å². The summed E-state index contributed by atoms with van der Waals surface area (Å²) in [5.41, 5.74) is 0.0848. The molecule has 1 saturated heterocycles. The Morgan fingerprint density at radius 2 is 1.60 bits per heavy atom. The van der Waals surface area contributed by atoms with Crippen LogP contribution in [0.4, 0.5) is 5.69 Å². The molecule has 0 atom stereocenters. The number of nitrogens with zero attached hydrogens (tertiary/aromatic N) is 1. The summed E-state index contributed by atoms with van der Waals surface area (Å²) in [5, 5.41) is 1.44. The molecule has 0 unspecified atom stereocenters. The van der Waals surface area contributed by atoms with E-state index in [1.165, 1.54) is 5.23 Å². The van der Waals surface area contributed by atoms with Crippen LogP contribution in [0, 0.1) is 6.92 Å². The maximum absolute atomic E-state index is 5.74. The first kappa shape index (κ1) is 10.5. The van der Waals surface area contributed by atoms with Crippen LogP contribution < -0.4 is 5.23 Å². The molecule has 2 rings (SSSR count). The number of anilines is 1. The normalized spacial score (nSPS) is 23.4. The predicted molar refractivity (Wildman–Crippen MR) is 56.3 cm³/mol. The molecule has 0 aliphatic carbocycles. The Hall–Kier alpha value is -1.00. The van der Waals surface area contributed by atoms with Gasteiger partial charge >= 0.3 is 0 Å². The summed E-state index contributed by atoms with van der Waals surface area (Å²) >= 11 is 0. The Morgan fingerprint density at radius 1 is 1.07 bits per heavy atom. The van der Waals surface area contributed by atoms with Crippen molar-refractivity contribution in [3.63, 3.8) is 0 Å². The van der Waals surface area contributed by atoms with Gasteiger partial charge in [-0.15, -0.1) is 5.23 Å². The number of rotatable bonds is 1. The van der Waals surface area contributed by atoms with Crippen LogP contribution in [0.25, 0.3) is 0 Å². The van der Waals surface area contributed by atoms with E-state index in [1.54, 1.807) is 6.26 Å². The summed E-state index contributed by atoms with van der Waals surface area (Å²) in [4.78, 5) is 11.5. The van der Waals surface area contributed by atoms with E-state index in [9.17, 15) is 0 Å². The lowest BCUT2D eigenvalue weighted by atomic mass is 9.90. The Bertz CT molecular complexity index is 352. The van der Waals surface area contributed by atoms with Gasteiger partial charge in [-0.2, -0.15) is 0 Å². The van der Waals surface area contributed by atoms with Gasteiger partial charge in [-0.05, 0) is 34.6 Å². The molecule has 84 valence electrons. The van der Waals surface area contributed by atoms with E-state index in [-0.39, 0.29) is 11.2 Å². The number of hydrogen-bond acceptors (Lipinski definition) is 4. The zero-order chi connectivity index (χ0) is 11.3. The molecule has 1 aromatic heterocycles. The summed E-state index contributed by atoms with van der Waals surface area (Å²) in [6.07, 6.45) is 1.62. The van der Waals surface area contributed by atoms with E-state index < -0.39 is 0 Å². The van der Waals surface area contributed by atoms with Gasteiger partial charge in [0.1, 0.15) is 22.6 Å². The minimum atomic E-state index is -0.364. The topological polar surface area (TPSA) is 34.8 Å². The lowest BCUT2D eigenvalue weighted by Crippen LogP contribution is -2.41. The highest BCUT2D eigenvalue weighted by molar-refractivity contribution is 5.45. The van der Waals surface area contributed by atoms with Crippen LogP contribution in [0.2, 0.25) is 0 Å². The van der Waals surface area contributed by atoms with E-state index in [0.29, 0.717) is 0 Å². The third-order valence-corrected chi connectivity index (χ3v) is 3.10. The third-order valence-electron chi connectivity index (χ3n) is 3.10. The van der Waals surface area contributed by atoms with Crippen molar-refractivity contribution in [2.75, 3.05) is 5.23 Å². The molecule has 15 heavy (non-hydrogen) atoms. The van der Waals surface area contributed by atoms with Crippen LogP contribution >= 0.6 is 0 Å². The first-order chi connectivity index (χ1) is 6.83. The standard InChI is InChI=1S/C11H17NO3/c1-8-9(6-7-13-8)12-14-10(2,3)11(4,5)15-12/h6-7H,1-5H3. The van der Waals surface area contributed by atoms with Crippen molar-refractivity contribution in [3.8, 4) is 0 Å². The fourth-order valence-electron chi connectivity index (χ4n) is 1.32. The van der Waals surface area contributed by atoms with Crippen LogP contribution in [-0.2, 0) is 9.68 Å². The Balaban J connectivity index is 2.27. The van der Waals surface area contributed by atoms with Crippen LogP contribution in [0.1, 0.15) is 33.5 Å². The molecule has 0 bridgehead atoms. The fourth-order valence-corrected chi connectivity index (χ4v) is 1.32. The number of hydrogen-bond donors (Lipinski definition) is 0. The average Bonchev–Trinajstić information content (AvgIpc) is 2.55. The molecule has 0 radical (unpaired) electrons. The van der Waals surface area contributed by atoms with Gasteiger partial charge in [-0.1, -0.05) is 0 Å². The molecule has 2 heterocycles. The fraction of sp³-hybridized carbons (Fsp3) is 0.636. The van der Waals surface area contributed by atoms with Crippen molar-refractivity contribution in [2.24, 2.45) is 0 Å². The van der Waals surface area contributed by atoms with Crippen molar-refractivity contribution < 1.29 is 14.1 Å². The molecule has 0 spiro atoms. The minimum Gasteiger partial charge on any atom is -0.467 e. The highest BCUT2D eigenvalue weighted by atomic mass is 17.0. The van der Waals surface area contributed by atoms with Gasteiger partial charge in [0.25, 0.3) is 0 Å². The molecule has 4 nitrogen and oxygen atoms in total. The molecular weight excluding hydrogens is 194 g/mol. The van der Waals surface area contributed by atoms with Crippen molar-refractivity contribution in [1.82, 2.24) is 0 Å². The maximum Gasteiger partial charge on any atom is 0.136 e. The monoisotopic (exact) mass is 211 g/mol. The summed E-state index contributed by atoms with van der Waals surface area (Å²) in [6.45, 7) is 9.88. The van der Waals surface area contributed by atoms with Crippen molar-refractivity contribution in [3.05, 3.63) is 18.1 Å². The highest BCUT2D eigenvalue weighted by Crippen LogP contribution is 2.40. The summed E-state index contributed by atoms with van der Waals surface area (Å²) in [5.74, 6) is 0.781. The van der Waals surface area contributed by atoms with E-state index >= 15 is 0 Å². The second kappa shape index (κ2) is 3.00. The van der Waals surface area contributed by atoms with Gasteiger partial charge in [-0.3, -0.25) is 0 Å². The molecule has 0 N–H and O–H groups in total. The van der Waals surface area contributed by atoms with E-state index in [4.69, 9.17) is 14.1 Å². The molecule has 0 amide bonds. The zero-order valence-electron chi connectivity index (χ0n) is 9.83. The van der Waals surface area contributed by atoms with Gasteiger partial charge in [0.15, 0.2) is 0 Å². The van der Waals surface area contributed by atoms with Crippen LogP contribution in [0.15, 0.2) is 16.7 Å². The summed E-state index contributed by atoms with van der Waals surface area (Å²) < 4.78 is 5.21. The highest BCUT2D eigenvalue weighted by Gasteiger charge is 2.50. The van der Waals surface area contributed by atoms with Crippen LogP contribution in [0.3, 0.4) is 0 Å². The van der Waals surface area contributed by atoms with Crippen molar-refractivity contribution >= 4 is 5.69 Å². The largest absolute Gasteiger partial charge is 0.467 e. The average molecular weight is 211 g/mol. The molecule has 1 fully saturated rings. The zero-order valence-corrected chi connectivity index (χ0v) is 9.83. The molecule has 4 heteroatoms. The minimum absolute atomic E-state index is 0.364. The molecule has 0 aromatic carbocycles. The molecule has 1 aromatic rings. The lowest BCUT2D eigenvalue weighted by molar-refractivity contribution is -0.0278. The molecular formula is C11H17NO3. The summed E-state index contributed by atoms with van der Waals surface area (Å²) in [7, 11) is 0. The third kappa shape index (κ3) is 1.54. The second-order valence-electron chi connectivity index (χ2n) is 4.82. The van der Waals surface area contributed by atoms with Gasteiger partial charge < -0.3 is 4.42 Å². The van der Waals surface area contributed by atoms with Crippen LogP contribution in [0.5, 0.6) is 0 Å². The quantitative estimate of drug-likeness (QED) is 0.715. The number of furan rings is 1. The smallest absolute Gasteiger partial charge is 0.136 e. The van der Waals surface area contributed by atoms with Crippen LogP contribution in [-0.4, -0.2) is 11.2 Å². The summed E-state index contributed by atoms with van der Waals surface area (Å²) in [6, 6.07) is 1.83. The Morgan fingerprint density at radius 3 is 2.00 bits per heavy atom. The molecule has 1 aliphatic rings. The molecule has 1 aliphatic heterocycles. The molecule has 0 saturated carbocycles. The van der Waals surface area contributed by atoms with Crippen molar-refractivity contribution in [2.45, 2.75) is 45.8 Å². The predicted octanol–water partition coefficient (Wildman–Crippen LogP) is 2.83. The first-order valence-electron chi connectivity index (χ1n) is 5.06. The first-order valence-corrected chi connectivity index (χ1v) is 5.06. The van der Waals surface area contributed by atoms with Gasteiger partial charge in [-0.25, -0.2) is 9.68 Å². The second-order valence-corrected chi connectivity index (χ2v) is 4.82.